The number of nitrogens with zero attached hydrogens (tertiary/aromatic N) is 4. The van der Waals surface area contributed by atoms with Gasteiger partial charge in [0.15, 0.2) is 0 Å². The lowest BCUT2D eigenvalue weighted by molar-refractivity contribution is 0.241. The van der Waals surface area contributed by atoms with Gasteiger partial charge in [0.25, 0.3) is 0 Å². The minimum atomic E-state index is -0.312. The second-order valence-corrected chi connectivity index (χ2v) is 6.25. The molecule has 0 fully saturated rings. The molecular weight excluding hydrogens is 347 g/mol. The molecule has 0 aliphatic heterocycles. The van der Waals surface area contributed by atoms with Crippen molar-refractivity contribution in [3.8, 4) is 5.69 Å². The van der Waals surface area contributed by atoms with Crippen LogP contribution in [-0.4, -0.2) is 26.3 Å². The first-order valence-electron chi connectivity index (χ1n) is 7.37. The van der Waals surface area contributed by atoms with Gasteiger partial charge in [-0.2, -0.15) is 5.10 Å². The number of para-hydroxylation sites is 1. The molecule has 0 saturated heterocycles. The predicted molar refractivity (Wildman–Crippen MR) is 95.3 cm³/mol. The Morgan fingerprint density at radius 3 is 2.62 bits per heavy atom. The molecule has 0 aliphatic carbocycles. The summed E-state index contributed by atoms with van der Waals surface area (Å²) in [6, 6.07) is 14.5. The molecule has 124 valence electrons. The van der Waals surface area contributed by atoms with E-state index in [0.29, 0.717) is 28.6 Å². The van der Waals surface area contributed by atoms with Crippen LogP contribution >= 0.6 is 23.8 Å². The van der Waals surface area contributed by atoms with Gasteiger partial charge in [-0.3, -0.25) is 9.47 Å². The summed E-state index contributed by atoms with van der Waals surface area (Å²) in [7, 11) is 1.87. The molecule has 0 radical (unpaired) electrons. The SMILES string of the molecule is CN(Cc1c(F)cccc1Cl)Cn1ncn(-c2ccccc2)c1=S. The van der Waals surface area contributed by atoms with Crippen LogP contribution in [0.15, 0.2) is 54.9 Å². The largest absolute Gasteiger partial charge is 0.283 e. The molecule has 0 N–H and O–H groups in total. The fraction of sp³-hybridized carbons (Fsp3) is 0.176. The molecule has 0 bridgehead atoms. The lowest BCUT2D eigenvalue weighted by Gasteiger charge is -2.17. The molecule has 0 unspecified atom stereocenters. The van der Waals surface area contributed by atoms with E-state index in [-0.39, 0.29) is 5.82 Å². The molecule has 0 atom stereocenters. The summed E-state index contributed by atoms with van der Waals surface area (Å²) in [6.07, 6.45) is 1.68. The normalized spacial score (nSPS) is 11.2. The summed E-state index contributed by atoms with van der Waals surface area (Å²) >= 11 is 11.6. The van der Waals surface area contributed by atoms with Crippen LogP contribution in [0, 0.1) is 10.6 Å². The first kappa shape index (κ1) is 16.8. The van der Waals surface area contributed by atoms with Crippen LogP contribution in [0.3, 0.4) is 0 Å². The molecule has 0 spiro atoms. The zero-order valence-corrected chi connectivity index (χ0v) is 14.6. The second-order valence-electron chi connectivity index (χ2n) is 5.47. The Kier molecular flexibility index (Phi) is 5.08. The van der Waals surface area contributed by atoms with Crippen molar-refractivity contribution in [1.82, 2.24) is 19.2 Å². The average molecular weight is 363 g/mol. The van der Waals surface area contributed by atoms with Gasteiger partial charge in [0.05, 0.1) is 6.67 Å². The number of hydrogen-bond acceptors (Lipinski definition) is 3. The Hall–Kier alpha value is -2.02. The lowest BCUT2D eigenvalue weighted by atomic mass is 10.2. The van der Waals surface area contributed by atoms with Crippen LogP contribution in [0.5, 0.6) is 0 Å². The maximum Gasteiger partial charge on any atom is 0.203 e. The molecule has 0 saturated carbocycles. The van der Waals surface area contributed by atoms with Crippen LogP contribution in [-0.2, 0) is 13.2 Å². The van der Waals surface area contributed by atoms with Crippen LogP contribution in [0.1, 0.15) is 5.56 Å². The molecule has 0 aliphatic rings. The molecule has 7 heteroatoms. The van der Waals surface area contributed by atoms with E-state index in [2.05, 4.69) is 5.10 Å². The van der Waals surface area contributed by atoms with Crippen molar-refractivity contribution in [2.75, 3.05) is 7.05 Å². The van der Waals surface area contributed by atoms with Gasteiger partial charge in [-0.05, 0) is 43.5 Å². The third-order valence-corrected chi connectivity index (χ3v) is 4.39. The number of hydrogen-bond donors (Lipinski definition) is 0. The third-order valence-electron chi connectivity index (χ3n) is 3.63. The van der Waals surface area contributed by atoms with Crippen molar-refractivity contribution in [3.05, 3.63) is 76.0 Å². The van der Waals surface area contributed by atoms with Gasteiger partial charge in [-0.1, -0.05) is 35.9 Å². The molecular formula is C17H16ClFN4S. The molecule has 1 heterocycles. The van der Waals surface area contributed by atoms with Crippen LogP contribution in [0.2, 0.25) is 5.02 Å². The van der Waals surface area contributed by atoms with Gasteiger partial charge in [-0.25, -0.2) is 9.07 Å². The molecule has 2 aromatic carbocycles. The van der Waals surface area contributed by atoms with Crippen molar-refractivity contribution in [2.24, 2.45) is 0 Å². The Labute approximate surface area is 149 Å². The van der Waals surface area contributed by atoms with E-state index in [0.717, 1.165) is 5.69 Å². The first-order chi connectivity index (χ1) is 11.6. The molecule has 24 heavy (non-hydrogen) atoms. The molecule has 1 aromatic heterocycles. The van der Waals surface area contributed by atoms with Gasteiger partial charge in [-0.15, -0.1) is 0 Å². The van der Waals surface area contributed by atoms with Crippen molar-refractivity contribution in [2.45, 2.75) is 13.2 Å². The van der Waals surface area contributed by atoms with Crippen molar-refractivity contribution < 1.29 is 4.39 Å². The van der Waals surface area contributed by atoms with E-state index in [4.69, 9.17) is 23.8 Å². The highest BCUT2D eigenvalue weighted by Gasteiger charge is 2.11. The fourth-order valence-electron chi connectivity index (χ4n) is 2.43. The van der Waals surface area contributed by atoms with Crippen LogP contribution < -0.4 is 0 Å². The van der Waals surface area contributed by atoms with Crippen molar-refractivity contribution in [1.29, 1.82) is 0 Å². The Morgan fingerprint density at radius 2 is 1.92 bits per heavy atom. The smallest absolute Gasteiger partial charge is 0.203 e. The molecule has 3 aromatic rings. The molecule has 4 nitrogen and oxygen atoms in total. The van der Waals surface area contributed by atoms with Gasteiger partial charge >= 0.3 is 0 Å². The number of rotatable bonds is 5. The van der Waals surface area contributed by atoms with E-state index in [1.54, 1.807) is 23.1 Å². The molecule has 3 rings (SSSR count). The highest BCUT2D eigenvalue weighted by molar-refractivity contribution is 7.71. The van der Waals surface area contributed by atoms with Crippen LogP contribution in [0.25, 0.3) is 5.69 Å². The van der Waals surface area contributed by atoms with E-state index in [1.165, 1.54) is 6.07 Å². The maximum atomic E-state index is 13.9. The van der Waals surface area contributed by atoms with E-state index in [1.807, 2.05) is 46.8 Å². The van der Waals surface area contributed by atoms with Crippen LogP contribution in [0.4, 0.5) is 4.39 Å². The summed E-state index contributed by atoms with van der Waals surface area (Å²) in [5, 5.41) is 4.74. The third kappa shape index (κ3) is 3.56. The molecule has 0 amide bonds. The van der Waals surface area contributed by atoms with E-state index >= 15 is 0 Å². The summed E-state index contributed by atoms with van der Waals surface area (Å²) < 4.78 is 18.0. The van der Waals surface area contributed by atoms with Gasteiger partial charge in [0, 0.05) is 22.8 Å². The Morgan fingerprint density at radius 1 is 1.17 bits per heavy atom. The standard InChI is InChI=1S/C17H16ClFN4S/c1-21(10-14-15(18)8-5-9-16(14)19)12-23-17(24)22(11-20-23)13-6-3-2-4-7-13/h2-9,11H,10,12H2,1H3. The highest BCUT2D eigenvalue weighted by atomic mass is 35.5. The zero-order chi connectivity index (χ0) is 17.1. The average Bonchev–Trinajstić information content (AvgIpc) is 2.93. The topological polar surface area (TPSA) is 26.0 Å². The summed E-state index contributed by atoms with van der Waals surface area (Å²) in [6.45, 7) is 0.800. The quantitative estimate of drug-likeness (QED) is 0.633. The second kappa shape index (κ2) is 7.25. The predicted octanol–water partition coefficient (Wildman–Crippen LogP) is 4.29. The minimum absolute atomic E-state index is 0.312. The summed E-state index contributed by atoms with van der Waals surface area (Å²) in [4.78, 5) is 1.91. The van der Waals surface area contributed by atoms with Crippen molar-refractivity contribution >= 4 is 23.8 Å². The van der Waals surface area contributed by atoms with Gasteiger partial charge in [0.2, 0.25) is 4.77 Å². The monoisotopic (exact) mass is 362 g/mol. The number of benzene rings is 2. The number of aromatic nitrogens is 3. The van der Waals surface area contributed by atoms with Crippen molar-refractivity contribution in [3.63, 3.8) is 0 Å². The van der Waals surface area contributed by atoms with Gasteiger partial charge in [0.1, 0.15) is 12.1 Å². The lowest BCUT2D eigenvalue weighted by Crippen LogP contribution is -2.23. The highest BCUT2D eigenvalue weighted by Crippen LogP contribution is 2.20. The minimum Gasteiger partial charge on any atom is -0.283 e. The van der Waals surface area contributed by atoms with E-state index < -0.39 is 0 Å². The first-order valence-corrected chi connectivity index (χ1v) is 8.16. The number of halogens is 2. The Bertz CT molecular complexity index is 871. The summed E-state index contributed by atoms with van der Waals surface area (Å²) in [5.41, 5.74) is 1.42. The Balaban J connectivity index is 1.77. The fourth-order valence-corrected chi connectivity index (χ4v) is 2.91. The van der Waals surface area contributed by atoms with Gasteiger partial charge < -0.3 is 0 Å². The summed E-state index contributed by atoms with van der Waals surface area (Å²) in [5.74, 6) is -0.312. The van der Waals surface area contributed by atoms with E-state index in [9.17, 15) is 4.39 Å². The maximum absolute atomic E-state index is 13.9. The zero-order valence-electron chi connectivity index (χ0n) is 13.1.